The lowest BCUT2D eigenvalue weighted by Gasteiger charge is -2.40. The fourth-order valence-corrected chi connectivity index (χ4v) is 10.2. The van der Waals surface area contributed by atoms with Crippen LogP contribution in [0.25, 0.3) is 78.0 Å². The molecule has 2 aliphatic rings. The smallest absolute Gasteiger partial charge is 0.167 e. The first kappa shape index (κ1) is 30.6. The molecule has 8 aromatic carbocycles. The summed E-state index contributed by atoms with van der Waals surface area (Å²) in [6.07, 6.45) is 0. The largest absolute Gasteiger partial charge is 0.455 e. The lowest BCUT2D eigenvalue weighted by Crippen LogP contribution is -2.32. The van der Waals surface area contributed by atoms with E-state index >= 15 is 0 Å². The molecule has 1 aliphatic carbocycles. The number of nitrogens with zero attached hydrogens (tertiary/aromatic N) is 3. The average Bonchev–Trinajstić information content (AvgIpc) is 3.78. The van der Waals surface area contributed by atoms with Gasteiger partial charge in [0.2, 0.25) is 0 Å². The maximum Gasteiger partial charge on any atom is 0.167 e. The minimum Gasteiger partial charge on any atom is -0.455 e. The van der Waals surface area contributed by atoms with E-state index in [4.69, 9.17) is 19.4 Å². The van der Waals surface area contributed by atoms with Gasteiger partial charge in [-0.3, -0.25) is 0 Å². The quantitative estimate of drug-likeness (QED) is 0.182. The van der Waals surface area contributed by atoms with Crippen molar-refractivity contribution in [3.63, 3.8) is 0 Å². The number of rotatable bonds is 3. The van der Waals surface area contributed by atoms with Crippen LogP contribution >= 0.6 is 11.8 Å². The summed E-state index contributed by atoms with van der Waals surface area (Å²) in [5, 5.41) is 4.62. The Morgan fingerprint density at radius 2 is 1.09 bits per heavy atom. The van der Waals surface area contributed by atoms with Gasteiger partial charge in [0.1, 0.15) is 11.2 Å². The summed E-state index contributed by atoms with van der Waals surface area (Å²) in [5.74, 6) is 1.80. The molecule has 0 fully saturated rings. The minimum atomic E-state index is -0.541. The highest BCUT2D eigenvalue weighted by atomic mass is 32.2. The highest BCUT2D eigenvalue weighted by Gasteiger charge is 2.50. The van der Waals surface area contributed by atoms with Crippen LogP contribution in [-0.4, -0.2) is 15.0 Å². The molecule has 0 saturated heterocycles. The molecule has 55 heavy (non-hydrogen) atoms. The van der Waals surface area contributed by atoms with E-state index in [0.717, 1.165) is 38.6 Å². The molecule has 1 aliphatic heterocycles. The predicted molar refractivity (Wildman–Crippen MR) is 222 cm³/mol. The van der Waals surface area contributed by atoms with Crippen LogP contribution in [0.4, 0.5) is 0 Å². The maximum absolute atomic E-state index is 6.49. The van der Waals surface area contributed by atoms with E-state index in [-0.39, 0.29) is 0 Å². The molecule has 0 amide bonds. The Kier molecular flexibility index (Phi) is 6.45. The van der Waals surface area contributed by atoms with Gasteiger partial charge in [-0.05, 0) is 74.5 Å². The van der Waals surface area contributed by atoms with Gasteiger partial charge >= 0.3 is 0 Å². The van der Waals surface area contributed by atoms with E-state index < -0.39 is 5.41 Å². The lowest BCUT2D eigenvalue weighted by molar-refractivity contribution is 0.669. The van der Waals surface area contributed by atoms with Gasteiger partial charge in [-0.1, -0.05) is 157 Å². The maximum atomic E-state index is 6.49. The highest BCUT2D eigenvalue weighted by Crippen LogP contribution is 2.63. The van der Waals surface area contributed by atoms with Crippen LogP contribution in [0.5, 0.6) is 0 Å². The van der Waals surface area contributed by atoms with Crippen molar-refractivity contribution in [3.05, 3.63) is 198 Å². The fourth-order valence-electron chi connectivity index (χ4n) is 9.07. The molecule has 256 valence electrons. The van der Waals surface area contributed by atoms with Crippen LogP contribution < -0.4 is 0 Å². The average molecular weight is 720 g/mol. The van der Waals surface area contributed by atoms with Crippen LogP contribution in [0, 0.1) is 0 Å². The number of aromatic nitrogens is 3. The van der Waals surface area contributed by atoms with Gasteiger partial charge in [0.25, 0.3) is 0 Å². The van der Waals surface area contributed by atoms with Crippen LogP contribution in [-0.2, 0) is 5.41 Å². The van der Waals surface area contributed by atoms with Crippen LogP contribution in [0.3, 0.4) is 0 Å². The molecule has 2 aromatic heterocycles. The second-order valence-electron chi connectivity index (χ2n) is 14.3. The van der Waals surface area contributed by atoms with Crippen LogP contribution in [0.15, 0.2) is 190 Å². The lowest BCUT2D eigenvalue weighted by atomic mass is 9.67. The third-order valence-corrected chi connectivity index (χ3v) is 12.6. The molecule has 10 aromatic rings. The third kappa shape index (κ3) is 4.33. The second-order valence-corrected chi connectivity index (χ2v) is 15.4. The molecule has 0 saturated carbocycles. The number of para-hydroxylation sites is 2. The molecule has 1 unspecified atom stereocenters. The summed E-state index contributed by atoms with van der Waals surface area (Å²) >= 11 is 1.84. The molecule has 12 rings (SSSR count). The van der Waals surface area contributed by atoms with Crippen molar-refractivity contribution >= 4 is 44.5 Å². The monoisotopic (exact) mass is 719 g/mol. The van der Waals surface area contributed by atoms with E-state index in [9.17, 15) is 0 Å². The summed E-state index contributed by atoms with van der Waals surface area (Å²) in [5.41, 5.74) is 11.5. The highest BCUT2D eigenvalue weighted by molar-refractivity contribution is 7.99. The summed E-state index contributed by atoms with van der Waals surface area (Å²) in [6.45, 7) is 0. The molecule has 5 heteroatoms. The molecule has 0 radical (unpaired) electrons. The minimum absolute atomic E-state index is 0.541. The van der Waals surface area contributed by atoms with E-state index in [2.05, 4.69) is 133 Å². The molecule has 1 spiro atoms. The fraction of sp³-hybridized carbons (Fsp3) is 0.0200. The van der Waals surface area contributed by atoms with Crippen molar-refractivity contribution in [3.8, 4) is 45.3 Å². The van der Waals surface area contributed by atoms with Gasteiger partial charge in [0.15, 0.2) is 17.5 Å². The van der Waals surface area contributed by atoms with Crippen molar-refractivity contribution in [1.82, 2.24) is 15.0 Å². The molecular weight excluding hydrogens is 691 g/mol. The van der Waals surface area contributed by atoms with Crippen molar-refractivity contribution in [1.29, 1.82) is 0 Å². The topological polar surface area (TPSA) is 51.8 Å². The Hall–Kier alpha value is -6.82. The summed E-state index contributed by atoms with van der Waals surface area (Å²) in [7, 11) is 0. The Balaban J connectivity index is 1.14. The summed E-state index contributed by atoms with van der Waals surface area (Å²) in [4.78, 5) is 18.1. The van der Waals surface area contributed by atoms with E-state index in [1.807, 2.05) is 54.2 Å². The summed E-state index contributed by atoms with van der Waals surface area (Å²) < 4.78 is 6.49. The van der Waals surface area contributed by atoms with Crippen molar-refractivity contribution in [2.45, 2.75) is 15.2 Å². The van der Waals surface area contributed by atoms with Crippen LogP contribution in [0.1, 0.15) is 22.3 Å². The standard InChI is InChI=1S/C50H29N3OS/c1-2-14-31(15-3-1)47-51-48(53-49(52-47)37-20-12-19-35-34-17-7-10-23-42(34)54-46(35)37)32-26-28-44-41(29-32)50(39-22-9-11-24-43(39)55-44)38-21-8-6-18-36(38)45-33-16-5-4-13-30(33)25-27-40(45)50/h1-29H. The molecule has 0 N–H and O–H groups in total. The Labute approximate surface area is 321 Å². The van der Waals surface area contributed by atoms with Gasteiger partial charge < -0.3 is 4.42 Å². The predicted octanol–water partition coefficient (Wildman–Crippen LogP) is 12.8. The van der Waals surface area contributed by atoms with Gasteiger partial charge in [-0.25, -0.2) is 15.0 Å². The first-order chi connectivity index (χ1) is 27.3. The SMILES string of the molecule is c1ccc(-c2nc(-c3ccc4c(c3)C3(c5ccccc5S4)c4ccccc4-c4c3ccc3ccccc43)nc(-c3cccc4c3oc3ccccc34)n2)cc1. The number of fused-ring (bicyclic) bond motifs is 14. The number of furan rings is 1. The van der Waals surface area contributed by atoms with Gasteiger partial charge in [0.05, 0.1) is 11.0 Å². The first-order valence-corrected chi connectivity index (χ1v) is 19.3. The van der Waals surface area contributed by atoms with Crippen LogP contribution in [0.2, 0.25) is 0 Å². The third-order valence-electron chi connectivity index (χ3n) is 11.4. The Bertz CT molecular complexity index is 3210. The molecule has 3 heterocycles. The first-order valence-electron chi connectivity index (χ1n) is 18.5. The van der Waals surface area contributed by atoms with Crippen molar-refractivity contribution in [2.24, 2.45) is 0 Å². The molecular formula is C50H29N3OS. The molecule has 0 bridgehead atoms. The Morgan fingerprint density at radius 1 is 0.418 bits per heavy atom. The Morgan fingerprint density at radius 3 is 2.00 bits per heavy atom. The number of hydrogen-bond donors (Lipinski definition) is 0. The van der Waals surface area contributed by atoms with Gasteiger partial charge in [-0.2, -0.15) is 0 Å². The van der Waals surface area contributed by atoms with Crippen molar-refractivity contribution < 1.29 is 4.42 Å². The zero-order valence-electron chi connectivity index (χ0n) is 29.4. The molecule has 1 atom stereocenters. The second kappa shape index (κ2) is 11.6. The normalized spacial score (nSPS) is 15.3. The van der Waals surface area contributed by atoms with E-state index in [1.54, 1.807) is 0 Å². The summed E-state index contributed by atoms with van der Waals surface area (Å²) in [6, 6.07) is 62.6. The van der Waals surface area contributed by atoms with Crippen molar-refractivity contribution in [2.75, 3.05) is 0 Å². The molecule has 4 nitrogen and oxygen atoms in total. The van der Waals surface area contributed by atoms with E-state index in [1.165, 1.54) is 53.9 Å². The zero-order valence-corrected chi connectivity index (χ0v) is 30.2. The zero-order chi connectivity index (χ0) is 36.1. The van der Waals surface area contributed by atoms with Gasteiger partial charge in [0, 0.05) is 31.7 Å². The van der Waals surface area contributed by atoms with Gasteiger partial charge in [-0.15, -0.1) is 0 Å². The number of hydrogen-bond acceptors (Lipinski definition) is 5. The number of benzene rings is 8. The van der Waals surface area contributed by atoms with E-state index in [0.29, 0.717) is 17.5 Å².